The lowest BCUT2D eigenvalue weighted by Crippen LogP contribution is -2.58. The summed E-state index contributed by atoms with van der Waals surface area (Å²) in [4.78, 5) is 77.7. The Morgan fingerprint density at radius 1 is 0.746 bits per heavy atom. The van der Waals surface area contributed by atoms with Crippen LogP contribution in [0, 0.1) is 5.92 Å². The third kappa shape index (κ3) is 11.8. The Hall–Kier alpha value is -5.34. The number of amides is 5. The molecule has 14 heteroatoms. The lowest BCUT2D eigenvalue weighted by molar-refractivity contribution is -0.143. The van der Waals surface area contributed by atoms with E-state index in [1.54, 1.807) is 23.2 Å². The topological polar surface area (TPSA) is 162 Å². The molecule has 4 aromatic rings. The molecule has 2 saturated heterocycles. The van der Waals surface area contributed by atoms with Gasteiger partial charge in [-0.3, -0.25) is 24.0 Å². The van der Waals surface area contributed by atoms with E-state index in [4.69, 9.17) is 9.72 Å². The maximum absolute atomic E-state index is 14.5. The Morgan fingerprint density at radius 2 is 1.41 bits per heavy atom. The molecule has 3 atom stereocenters. The van der Waals surface area contributed by atoms with Crippen molar-refractivity contribution in [3.8, 4) is 0 Å². The first-order valence-corrected chi connectivity index (χ1v) is 23.9. The number of unbranched alkanes of at least 4 members (excludes halogenated alkanes) is 3. The molecule has 1 aliphatic carbocycles. The summed E-state index contributed by atoms with van der Waals surface area (Å²) in [5, 5.41) is 13.3. The van der Waals surface area contributed by atoms with Crippen molar-refractivity contribution < 1.29 is 28.7 Å². The van der Waals surface area contributed by atoms with Gasteiger partial charge >= 0.3 is 0 Å². The summed E-state index contributed by atoms with van der Waals surface area (Å²) in [7, 11) is 0. The number of thiazole rings is 1. The molecular weight excluding hydrogens is 815 g/mol. The van der Waals surface area contributed by atoms with E-state index in [1.807, 2.05) is 78.9 Å². The molecule has 0 bridgehead atoms. The second-order valence-electron chi connectivity index (χ2n) is 17.0. The number of morpholine rings is 1. The van der Waals surface area contributed by atoms with Gasteiger partial charge in [-0.2, -0.15) is 0 Å². The zero-order valence-electron chi connectivity index (χ0n) is 36.5. The number of likely N-dealkylation sites (tertiary alicyclic amines) is 1. The Labute approximate surface area is 375 Å². The van der Waals surface area contributed by atoms with E-state index in [9.17, 15) is 24.0 Å². The maximum Gasteiger partial charge on any atom is 0.253 e. The van der Waals surface area contributed by atoms with Crippen molar-refractivity contribution in [1.29, 1.82) is 0 Å². The average Bonchev–Trinajstić information content (AvgIpc) is 4.01. The Kier molecular flexibility index (Phi) is 16.6. The number of benzene rings is 3. The SMILES string of the molecule is CCC(=O)N[C@H](C(=O)N1CCC[C@H]1C(=O)N[C@H](C(=O)NCCCCCCNC(=O)c1cccc2sc(N3CCOCC3)nc12)C(c1ccccc1)c1ccccc1)C1CCCCC1. The number of hydrogen-bond acceptors (Lipinski definition) is 9. The minimum atomic E-state index is -0.962. The molecule has 336 valence electrons. The maximum atomic E-state index is 14.5. The molecule has 0 radical (unpaired) electrons. The van der Waals surface area contributed by atoms with Gasteiger partial charge in [-0.05, 0) is 67.7 Å². The van der Waals surface area contributed by atoms with Crippen LogP contribution in [0.3, 0.4) is 0 Å². The molecule has 3 heterocycles. The van der Waals surface area contributed by atoms with Gasteiger partial charge in [-0.15, -0.1) is 0 Å². The van der Waals surface area contributed by atoms with E-state index in [0.29, 0.717) is 51.3 Å². The van der Waals surface area contributed by atoms with Crippen molar-refractivity contribution in [2.24, 2.45) is 5.92 Å². The van der Waals surface area contributed by atoms with Crippen LogP contribution in [0.5, 0.6) is 0 Å². The van der Waals surface area contributed by atoms with Gasteiger partial charge in [0.25, 0.3) is 5.91 Å². The number of ether oxygens (including phenoxy) is 1. The molecule has 3 aromatic carbocycles. The molecule has 7 rings (SSSR count). The second-order valence-corrected chi connectivity index (χ2v) is 18.0. The molecule has 0 spiro atoms. The molecule has 3 aliphatic rings. The standard InChI is InChI=1S/C49H63N7O6S/c1-2-40(57)52-42(36-22-12-7-13-23-36)48(61)56-29-17-25-38(56)46(59)53-44(41(34-18-8-5-9-19-34)35-20-10-6-11-21-35)47(60)51-28-15-4-3-14-27-50-45(58)37-24-16-26-39-43(37)54-49(63-39)55-30-32-62-33-31-55/h5-6,8-11,16,18-21,24,26,36,38,41-42,44H,2-4,7,12-15,17,22-23,25,27-33H2,1H3,(H,50,58)(H,51,60)(H,52,57)(H,53,59)/t38-,42-,44-/m0/s1. The van der Waals surface area contributed by atoms with Gasteiger partial charge in [0.2, 0.25) is 23.6 Å². The number of nitrogens with one attached hydrogen (secondary N) is 4. The van der Waals surface area contributed by atoms with Crippen molar-refractivity contribution in [3.05, 3.63) is 95.6 Å². The predicted molar refractivity (Wildman–Crippen MR) is 247 cm³/mol. The molecule has 3 fully saturated rings. The second kappa shape index (κ2) is 22.8. The van der Waals surface area contributed by atoms with E-state index >= 15 is 0 Å². The quantitative estimate of drug-likeness (QED) is 0.0797. The monoisotopic (exact) mass is 877 g/mol. The lowest BCUT2D eigenvalue weighted by Gasteiger charge is -2.35. The van der Waals surface area contributed by atoms with Crippen LogP contribution in [0.1, 0.15) is 111 Å². The number of nitrogens with zero attached hydrogens (tertiary/aromatic N) is 3. The minimum absolute atomic E-state index is 0.0305. The van der Waals surface area contributed by atoms with Crippen LogP contribution >= 0.6 is 11.3 Å². The number of carbonyl (C=O) groups is 5. The first kappa shape index (κ1) is 45.7. The average molecular weight is 878 g/mol. The minimum Gasteiger partial charge on any atom is -0.378 e. The van der Waals surface area contributed by atoms with Gasteiger partial charge in [-0.25, -0.2) is 4.98 Å². The first-order chi connectivity index (χ1) is 30.8. The summed E-state index contributed by atoms with van der Waals surface area (Å²) in [6.07, 6.45) is 9.49. The van der Waals surface area contributed by atoms with Crippen molar-refractivity contribution in [2.45, 2.75) is 108 Å². The van der Waals surface area contributed by atoms with Crippen LogP contribution < -0.4 is 26.2 Å². The molecule has 1 aromatic heterocycles. The molecule has 2 aliphatic heterocycles. The number of para-hydroxylation sites is 1. The highest BCUT2D eigenvalue weighted by Gasteiger charge is 2.42. The summed E-state index contributed by atoms with van der Waals surface area (Å²) in [6.45, 7) is 6.06. The highest BCUT2D eigenvalue weighted by Crippen LogP contribution is 2.33. The van der Waals surface area contributed by atoms with Gasteiger partial charge in [-0.1, -0.05) is 117 Å². The van der Waals surface area contributed by atoms with E-state index in [1.165, 1.54) is 0 Å². The number of aromatic nitrogens is 1. The normalized spacial score (nSPS) is 17.9. The van der Waals surface area contributed by atoms with Gasteiger partial charge in [0, 0.05) is 45.1 Å². The third-order valence-corrected chi connectivity index (χ3v) is 13.8. The zero-order valence-corrected chi connectivity index (χ0v) is 37.3. The van der Waals surface area contributed by atoms with E-state index in [0.717, 1.165) is 97.4 Å². The van der Waals surface area contributed by atoms with Crippen LogP contribution in [-0.2, 0) is 23.9 Å². The van der Waals surface area contributed by atoms with Crippen LogP contribution in [0.15, 0.2) is 78.9 Å². The molecule has 13 nitrogen and oxygen atoms in total. The van der Waals surface area contributed by atoms with Crippen molar-refractivity contribution in [2.75, 3.05) is 50.8 Å². The van der Waals surface area contributed by atoms with Crippen LogP contribution in [0.4, 0.5) is 5.13 Å². The van der Waals surface area contributed by atoms with Crippen molar-refractivity contribution in [1.82, 2.24) is 31.2 Å². The largest absolute Gasteiger partial charge is 0.378 e. The number of carbonyl (C=O) groups excluding carboxylic acids is 5. The summed E-state index contributed by atoms with van der Waals surface area (Å²) >= 11 is 1.60. The van der Waals surface area contributed by atoms with E-state index in [2.05, 4.69) is 26.2 Å². The highest BCUT2D eigenvalue weighted by atomic mass is 32.1. The van der Waals surface area contributed by atoms with E-state index < -0.39 is 24.0 Å². The fourth-order valence-electron chi connectivity index (χ4n) is 9.29. The number of anilines is 1. The van der Waals surface area contributed by atoms with Crippen molar-refractivity contribution in [3.63, 3.8) is 0 Å². The third-order valence-electron chi connectivity index (χ3n) is 12.7. The molecular formula is C49H63N7O6S. The number of rotatable bonds is 19. The smallest absolute Gasteiger partial charge is 0.253 e. The van der Waals surface area contributed by atoms with Crippen LogP contribution in [0.25, 0.3) is 10.2 Å². The van der Waals surface area contributed by atoms with Gasteiger partial charge in [0.05, 0.1) is 29.0 Å². The first-order valence-electron chi connectivity index (χ1n) is 23.1. The summed E-state index contributed by atoms with van der Waals surface area (Å²) in [5.41, 5.74) is 3.07. The predicted octanol–water partition coefficient (Wildman–Crippen LogP) is 6.32. The molecule has 63 heavy (non-hydrogen) atoms. The summed E-state index contributed by atoms with van der Waals surface area (Å²) < 4.78 is 6.47. The summed E-state index contributed by atoms with van der Waals surface area (Å²) in [6, 6.07) is 22.8. The lowest BCUT2D eigenvalue weighted by atomic mass is 9.83. The van der Waals surface area contributed by atoms with Crippen molar-refractivity contribution >= 4 is 56.2 Å². The Balaban J connectivity index is 0.963. The molecule has 0 unspecified atom stereocenters. The van der Waals surface area contributed by atoms with E-state index in [-0.39, 0.29) is 41.9 Å². The molecule has 1 saturated carbocycles. The van der Waals surface area contributed by atoms with Gasteiger partial charge < -0.3 is 35.8 Å². The Morgan fingerprint density at radius 3 is 2.08 bits per heavy atom. The number of fused-ring (bicyclic) bond motifs is 1. The highest BCUT2D eigenvalue weighted by molar-refractivity contribution is 7.22. The van der Waals surface area contributed by atoms with Crippen LogP contribution in [0.2, 0.25) is 0 Å². The fourth-order valence-corrected chi connectivity index (χ4v) is 10.3. The molecule has 5 amide bonds. The fraction of sp³-hybridized carbons (Fsp3) is 0.510. The van der Waals surface area contributed by atoms with Gasteiger partial charge in [0.15, 0.2) is 5.13 Å². The Bertz CT molecular complexity index is 2100. The van der Waals surface area contributed by atoms with Crippen LogP contribution in [-0.4, -0.2) is 103 Å². The van der Waals surface area contributed by atoms with Gasteiger partial charge in [0.1, 0.15) is 18.1 Å². The zero-order chi connectivity index (χ0) is 44.0. The summed E-state index contributed by atoms with van der Waals surface area (Å²) in [5.74, 6) is -1.65. The number of hydrogen-bond donors (Lipinski definition) is 4. The molecule has 4 N–H and O–H groups in total.